The first kappa shape index (κ1) is 13.1. The predicted molar refractivity (Wildman–Crippen MR) is 67.8 cm³/mol. The summed E-state index contributed by atoms with van der Waals surface area (Å²) in [6, 6.07) is 0. The van der Waals surface area contributed by atoms with Gasteiger partial charge in [0.1, 0.15) is 11.3 Å². The lowest BCUT2D eigenvalue weighted by Gasteiger charge is -2.19. The van der Waals surface area contributed by atoms with Crippen molar-refractivity contribution in [1.29, 1.82) is 0 Å². The van der Waals surface area contributed by atoms with Crippen molar-refractivity contribution in [2.75, 3.05) is 0 Å². The third-order valence-corrected chi connectivity index (χ3v) is 3.59. The molecule has 2 rings (SSSR count). The smallest absolute Gasteiger partial charge is 0.341 e. The molecule has 4 nitrogen and oxygen atoms in total. The number of aromatic nitrogens is 1. The van der Waals surface area contributed by atoms with E-state index in [2.05, 4.69) is 19.0 Å². The van der Waals surface area contributed by atoms with E-state index in [9.17, 15) is 9.90 Å². The molecule has 1 fully saturated rings. The van der Waals surface area contributed by atoms with E-state index >= 15 is 0 Å². The highest BCUT2D eigenvalue weighted by molar-refractivity contribution is 5.90. The third kappa shape index (κ3) is 2.74. The molecule has 1 saturated carbocycles. The summed E-state index contributed by atoms with van der Waals surface area (Å²) in [6.45, 7) is 4.10. The first-order valence-electron chi connectivity index (χ1n) is 6.81. The zero-order chi connectivity index (χ0) is 13.1. The Labute approximate surface area is 107 Å². The van der Waals surface area contributed by atoms with Gasteiger partial charge in [-0.25, -0.2) is 4.79 Å². The van der Waals surface area contributed by atoms with E-state index in [-0.39, 0.29) is 5.92 Å². The van der Waals surface area contributed by atoms with Crippen molar-refractivity contribution in [3.63, 3.8) is 0 Å². The summed E-state index contributed by atoms with van der Waals surface area (Å²) in [6.07, 6.45) is 6.28. The van der Waals surface area contributed by atoms with Gasteiger partial charge in [0.15, 0.2) is 5.76 Å². The second-order valence-electron chi connectivity index (χ2n) is 5.60. The fraction of sp³-hybridized carbons (Fsp3) is 0.714. The summed E-state index contributed by atoms with van der Waals surface area (Å²) in [5.74, 6) is 0.287. The first-order chi connectivity index (χ1) is 8.59. The Hall–Kier alpha value is -1.32. The van der Waals surface area contributed by atoms with Crippen molar-refractivity contribution in [1.82, 2.24) is 5.16 Å². The van der Waals surface area contributed by atoms with E-state index in [4.69, 9.17) is 4.52 Å². The van der Waals surface area contributed by atoms with Gasteiger partial charge in [-0.3, -0.25) is 0 Å². The molecule has 100 valence electrons. The molecule has 0 atom stereocenters. The lowest BCUT2D eigenvalue weighted by Crippen LogP contribution is -2.11. The molecule has 0 spiro atoms. The quantitative estimate of drug-likeness (QED) is 0.887. The molecule has 1 aliphatic carbocycles. The Bertz CT molecular complexity index is 417. The summed E-state index contributed by atoms with van der Waals surface area (Å²) in [5, 5.41) is 13.4. The van der Waals surface area contributed by atoms with Crippen molar-refractivity contribution < 1.29 is 14.4 Å². The Morgan fingerprint density at radius 3 is 2.61 bits per heavy atom. The molecular weight excluding hydrogens is 230 g/mol. The third-order valence-electron chi connectivity index (χ3n) is 3.59. The molecule has 0 aromatic carbocycles. The number of hydrogen-bond acceptors (Lipinski definition) is 3. The largest absolute Gasteiger partial charge is 0.477 e. The molecular formula is C14H21NO3. The molecule has 1 N–H and O–H groups in total. The monoisotopic (exact) mass is 251 g/mol. The maximum atomic E-state index is 11.4. The van der Waals surface area contributed by atoms with Crippen LogP contribution in [0.2, 0.25) is 0 Å². The summed E-state index contributed by atoms with van der Waals surface area (Å²) >= 11 is 0. The van der Waals surface area contributed by atoms with Crippen LogP contribution in [0.15, 0.2) is 4.52 Å². The topological polar surface area (TPSA) is 63.3 Å². The number of nitrogens with zero attached hydrogens (tertiary/aromatic N) is 1. The highest BCUT2D eigenvalue weighted by Crippen LogP contribution is 2.35. The lowest BCUT2D eigenvalue weighted by atomic mass is 9.85. The SMILES string of the molecule is CC(C)Cc1onc(C2CCCCC2)c1C(=O)O. The Morgan fingerprint density at radius 1 is 1.39 bits per heavy atom. The van der Waals surface area contributed by atoms with Crippen molar-refractivity contribution in [2.45, 2.75) is 58.3 Å². The summed E-state index contributed by atoms with van der Waals surface area (Å²) in [4.78, 5) is 11.4. The Morgan fingerprint density at radius 2 is 2.06 bits per heavy atom. The molecule has 1 aromatic heterocycles. The van der Waals surface area contributed by atoms with Gasteiger partial charge in [0.25, 0.3) is 0 Å². The Balaban J connectivity index is 2.29. The van der Waals surface area contributed by atoms with E-state index in [0.29, 0.717) is 29.4 Å². The highest BCUT2D eigenvalue weighted by atomic mass is 16.5. The van der Waals surface area contributed by atoms with Gasteiger partial charge in [-0.1, -0.05) is 38.3 Å². The van der Waals surface area contributed by atoms with E-state index in [1.165, 1.54) is 6.42 Å². The van der Waals surface area contributed by atoms with Gasteiger partial charge in [0, 0.05) is 12.3 Å². The average Bonchev–Trinajstić information content (AvgIpc) is 2.73. The minimum Gasteiger partial charge on any atom is -0.477 e. The molecule has 1 heterocycles. The van der Waals surface area contributed by atoms with Gasteiger partial charge < -0.3 is 9.63 Å². The maximum Gasteiger partial charge on any atom is 0.341 e. The van der Waals surface area contributed by atoms with Crippen LogP contribution in [0, 0.1) is 5.92 Å². The molecule has 0 saturated heterocycles. The van der Waals surface area contributed by atoms with Crippen LogP contribution in [0.4, 0.5) is 0 Å². The minimum atomic E-state index is -0.896. The second kappa shape index (κ2) is 5.55. The van der Waals surface area contributed by atoms with Crippen molar-refractivity contribution in [3.8, 4) is 0 Å². The van der Waals surface area contributed by atoms with E-state index in [1.54, 1.807) is 0 Å². The fourth-order valence-corrected chi connectivity index (χ4v) is 2.73. The molecule has 0 unspecified atom stereocenters. The fourth-order valence-electron chi connectivity index (χ4n) is 2.73. The van der Waals surface area contributed by atoms with Gasteiger partial charge >= 0.3 is 5.97 Å². The normalized spacial score (nSPS) is 17.3. The maximum absolute atomic E-state index is 11.4. The van der Waals surface area contributed by atoms with Gasteiger partial charge in [-0.05, 0) is 18.8 Å². The van der Waals surface area contributed by atoms with E-state index in [0.717, 1.165) is 25.7 Å². The molecule has 0 amide bonds. The number of aromatic carboxylic acids is 1. The van der Waals surface area contributed by atoms with Crippen LogP contribution < -0.4 is 0 Å². The summed E-state index contributed by atoms with van der Waals surface area (Å²) < 4.78 is 5.29. The number of hydrogen-bond donors (Lipinski definition) is 1. The summed E-state index contributed by atoms with van der Waals surface area (Å²) in [5.41, 5.74) is 1.01. The van der Waals surface area contributed by atoms with E-state index < -0.39 is 5.97 Å². The lowest BCUT2D eigenvalue weighted by molar-refractivity contribution is 0.0692. The van der Waals surface area contributed by atoms with Crippen LogP contribution in [0.1, 0.15) is 73.7 Å². The number of rotatable bonds is 4. The van der Waals surface area contributed by atoms with Crippen molar-refractivity contribution in [3.05, 3.63) is 17.0 Å². The predicted octanol–water partition coefficient (Wildman–Crippen LogP) is 3.62. The number of carboxylic acids is 1. The van der Waals surface area contributed by atoms with Crippen LogP contribution in [0.3, 0.4) is 0 Å². The van der Waals surface area contributed by atoms with Crippen LogP contribution in [-0.4, -0.2) is 16.2 Å². The number of carboxylic acid groups (broad SMARTS) is 1. The highest BCUT2D eigenvalue weighted by Gasteiger charge is 2.29. The molecule has 0 bridgehead atoms. The molecule has 0 aliphatic heterocycles. The molecule has 1 aromatic rings. The van der Waals surface area contributed by atoms with Crippen molar-refractivity contribution in [2.24, 2.45) is 5.92 Å². The standard InChI is InChI=1S/C14H21NO3/c1-9(2)8-11-12(14(16)17)13(15-18-11)10-6-4-3-5-7-10/h9-10H,3-8H2,1-2H3,(H,16,17). The second-order valence-corrected chi connectivity index (χ2v) is 5.60. The summed E-state index contributed by atoms with van der Waals surface area (Å²) in [7, 11) is 0. The minimum absolute atomic E-state index is 0.273. The number of carbonyl (C=O) groups is 1. The average molecular weight is 251 g/mol. The van der Waals surface area contributed by atoms with Crippen LogP contribution in [-0.2, 0) is 6.42 Å². The molecule has 1 aliphatic rings. The Kier molecular flexibility index (Phi) is 4.04. The van der Waals surface area contributed by atoms with Gasteiger partial charge in [0.05, 0.1) is 0 Å². The van der Waals surface area contributed by atoms with E-state index in [1.807, 2.05) is 0 Å². The van der Waals surface area contributed by atoms with Gasteiger partial charge in [-0.2, -0.15) is 0 Å². The first-order valence-corrected chi connectivity index (χ1v) is 6.81. The van der Waals surface area contributed by atoms with Crippen molar-refractivity contribution >= 4 is 5.97 Å². The molecule has 4 heteroatoms. The zero-order valence-electron chi connectivity index (χ0n) is 11.1. The van der Waals surface area contributed by atoms with Crippen LogP contribution in [0.5, 0.6) is 0 Å². The zero-order valence-corrected chi connectivity index (χ0v) is 11.1. The van der Waals surface area contributed by atoms with Gasteiger partial charge in [0.2, 0.25) is 0 Å². The van der Waals surface area contributed by atoms with Crippen LogP contribution in [0.25, 0.3) is 0 Å². The molecule has 0 radical (unpaired) electrons. The van der Waals surface area contributed by atoms with Gasteiger partial charge in [-0.15, -0.1) is 0 Å². The van der Waals surface area contributed by atoms with Crippen LogP contribution >= 0.6 is 0 Å². The molecule has 18 heavy (non-hydrogen) atoms.